The Kier molecular flexibility index (Phi) is 5.75. The van der Waals surface area contributed by atoms with E-state index in [0.29, 0.717) is 0 Å². The summed E-state index contributed by atoms with van der Waals surface area (Å²) in [4.78, 5) is 9.07. The van der Waals surface area contributed by atoms with Gasteiger partial charge >= 0.3 is 0 Å². The normalized spacial score (nSPS) is 10.8. The maximum Gasteiger partial charge on any atom is 0.203 e. The molecule has 0 bridgehead atoms. The summed E-state index contributed by atoms with van der Waals surface area (Å²) >= 11 is 0. The van der Waals surface area contributed by atoms with Crippen LogP contribution in [0.15, 0.2) is 24.4 Å². The minimum absolute atomic E-state index is 0.732. The maximum atomic E-state index is 5.34. The number of nitrogens with zero attached hydrogens (tertiary/aromatic N) is 3. The van der Waals surface area contributed by atoms with E-state index in [1.165, 1.54) is 0 Å². The van der Waals surface area contributed by atoms with Crippen molar-refractivity contribution < 1.29 is 4.74 Å². The van der Waals surface area contributed by atoms with Crippen LogP contribution in [0.3, 0.4) is 0 Å². The number of anilines is 1. The molecule has 2 aromatic heterocycles. The molecule has 2 heterocycles. The van der Waals surface area contributed by atoms with Crippen LogP contribution in [0.5, 0.6) is 0 Å². The number of imidazole rings is 1. The molecule has 0 radical (unpaired) electrons. The third kappa shape index (κ3) is 4.86. The first-order chi connectivity index (χ1) is 10.2. The first-order valence-electron chi connectivity index (χ1n) is 7.47. The Morgan fingerprint density at radius 1 is 1.19 bits per heavy atom. The van der Waals surface area contributed by atoms with Gasteiger partial charge in [0, 0.05) is 31.6 Å². The lowest BCUT2D eigenvalue weighted by atomic mass is 10.3. The first kappa shape index (κ1) is 15.5. The number of pyridine rings is 1. The third-order valence-corrected chi connectivity index (χ3v) is 3.13. The van der Waals surface area contributed by atoms with Crippen molar-refractivity contribution >= 4 is 5.95 Å². The van der Waals surface area contributed by atoms with Gasteiger partial charge < -0.3 is 14.6 Å². The van der Waals surface area contributed by atoms with Gasteiger partial charge in [-0.05, 0) is 39.3 Å². The number of aryl methyl sites for hydroxylation is 2. The van der Waals surface area contributed by atoms with Crippen LogP contribution in [0.4, 0.5) is 5.95 Å². The molecule has 1 N–H and O–H groups in total. The number of hydrogen-bond acceptors (Lipinski definition) is 4. The second-order valence-electron chi connectivity index (χ2n) is 5.08. The Balaban J connectivity index is 1.96. The molecule has 0 fully saturated rings. The molecule has 0 amide bonds. The summed E-state index contributed by atoms with van der Waals surface area (Å²) in [5.74, 6) is 0.896. The fourth-order valence-corrected chi connectivity index (χ4v) is 2.19. The molecule has 2 aromatic rings. The van der Waals surface area contributed by atoms with Crippen molar-refractivity contribution in [2.24, 2.45) is 0 Å². The summed E-state index contributed by atoms with van der Waals surface area (Å²) in [5, 5.41) is 3.37. The zero-order valence-corrected chi connectivity index (χ0v) is 13.1. The van der Waals surface area contributed by atoms with Crippen LogP contribution in [-0.4, -0.2) is 34.3 Å². The molecule has 0 atom stereocenters. The van der Waals surface area contributed by atoms with Crippen molar-refractivity contribution in [3.63, 3.8) is 0 Å². The molecule has 0 aliphatic carbocycles. The van der Waals surface area contributed by atoms with Crippen LogP contribution in [0, 0.1) is 13.8 Å². The van der Waals surface area contributed by atoms with E-state index in [1.807, 2.05) is 39.0 Å². The van der Waals surface area contributed by atoms with Crippen LogP contribution in [0.1, 0.15) is 30.4 Å². The standard InChI is InChI=1S/C16H24N4O/c1-4-21-10-6-9-17-16-19-14(3)11-20(16)12-15-8-5-7-13(2)18-15/h5,7-8,11H,4,6,9-10,12H2,1-3H3,(H,17,19). The molecular formula is C16H24N4O. The zero-order valence-electron chi connectivity index (χ0n) is 13.1. The van der Waals surface area contributed by atoms with E-state index < -0.39 is 0 Å². The number of nitrogens with one attached hydrogen (secondary N) is 1. The van der Waals surface area contributed by atoms with E-state index in [0.717, 1.165) is 55.8 Å². The second kappa shape index (κ2) is 7.78. The monoisotopic (exact) mass is 288 g/mol. The zero-order chi connectivity index (χ0) is 15.1. The minimum Gasteiger partial charge on any atom is -0.382 e. The topological polar surface area (TPSA) is 52.0 Å². The van der Waals surface area contributed by atoms with Crippen LogP contribution >= 0.6 is 0 Å². The van der Waals surface area contributed by atoms with Gasteiger partial charge in [0.15, 0.2) is 0 Å². The molecule has 0 unspecified atom stereocenters. The van der Waals surface area contributed by atoms with E-state index in [9.17, 15) is 0 Å². The lowest BCUT2D eigenvalue weighted by Gasteiger charge is -2.10. The maximum absolute atomic E-state index is 5.34. The van der Waals surface area contributed by atoms with E-state index in [-0.39, 0.29) is 0 Å². The van der Waals surface area contributed by atoms with Gasteiger partial charge in [-0.3, -0.25) is 4.98 Å². The minimum atomic E-state index is 0.732. The molecule has 21 heavy (non-hydrogen) atoms. The molecule has 0 saturated carbocycles. The van der Waals surface area contributed by atoms with Gasteiger partial charge in [0.25, 0.3) is 0 Å². The highest BCUT2D eigenvalue weighted by atomic mass is 16.5. The van der Waals surface area contributed by atoms with Crippen LogP contribution in [0.2, 0.25) is 0 Å². The van der Waals surface area contributed by atoms with Gasteiger partial charge in [-0.15, -0.1) is 0 Å². The molecule has 0 saturated heterocycles. The molecular weight excluding hydrogens is 264 g/mol. The highest BCUT2D eigenvalue weighted by Gasteiger charge is 2.06. The number of aromatic nitrogens is 3. The Hall–Kier alpha value is -1.88. The Morgan fingerprint density at radius 2 is 2.05 bits per heavy atom. The van der Waals surface area contributed by atoms with E-state index >= 15 is 0 Å². The average molecular weight is 288 g/mol. The van der Waals surface area contributed by atoms with Gasteiger partial charge in [-0.1, -0.05) is 6.07 Å². The molecule has 0 aliphatic heterocycles. The quantitative estimate of drug-likeness (QED) is 0.759. The highest BCUT2D eigenvalue weighted by Crippen LogP contribution is 2.11. The van der Waals surface area contributed by atoms with Crippen LogP contribution in [-0.2, 0) is 11.3 Å². The van der Waals surface area contributed by atoms with Crippen molar-refractivity contribution in [2.45, 2.75) is 33.7 Å². The fourth-order valence-electron chi connectivity index (χ4n) is 2.19. The fraction of sp³-hybridized carbons (Fsp3) is 0.500. The molecule has 0 aliphatic rings. The van der Waals surface area contributed by atoms with E-state index in [4.69, 9.17) is 4.74 Å². The molecule has 5 heteroatoms. The predicted octanol–water partition coefficient (Wildman–Crippen LogP) is 2.78. The Morgan fingerprint density at radius 3 is 2.81 bits per heavy atom. The summed E-state index contributed by atoms with van der Waals surface area (Å²) in [6, 6.07) is 6.09. The van der Waals surface area contributed by atoms with Gasteiger partial charge in [0.1, 0.15) is 0 Å². The lowest BCUT2D eigenvalue weighted by molar-refractivity contribution is 0.147. The van der Waals surface area contributed by atoms with E-state index in [1.54, 1.807) is 0 Å². The van der Waals surface area contributed by atoms with Crippen LogP contribution < -0.4 is 5.32 Å². The average Bonchev–Trinajstić information content (AvgIpc) is 2.78. The SMILES string of the molecule is CCOCCCNc1nc(C)cn1Cc1cccc(C)n1. The van der Waals surface area contributed by atoms with Crippen molar-refractivity contribution in [1.29, 1.82) is 0 Å². The first-order valence-corrected chi connectivity index (χ1v) is 7.47. The number of hydrogen-bond donors (Lipinski definition) is 1. The van der Waals surface area contributed by atoms with Crippen molar-refractivity contribution in [3.8, 4) is 0 Å². The summed E-state index contributed by atoms with van der Waals surface area (Å²) in [5.41, 5.74) is 3.09. The lowest BCUT2D eigenvalue weighted by Crippen LogP contribution is -2.11. The Bertz CT molecular complexity index is 565. The number of rotatable bonds is 8. The van der Waals surface area contributed by atoms with Crippen molar-refractivity contribution in [2.75, 3.05) is 25.1 Å². The molecule has 5 nitrogen and oxygen atoms in total. The smallest absolute Gasteiger partial charge is 0.203 e. The summed E-state index contributed by atoms with van der Waals surface area (Å²) in [7, 11) is 0. The van der Waals surface area contributed by atoms with E-state index in [2.05, 4.69) is 26.0 Å². The molecule has 114 valence electrons. The van der Waals surface area contributed by atoms with Gasteiger partial charge in [-0.25, -0.2) is 4.98 Å². The number of ether oxygens (including phenoxy) is 1. The summed E-state index contributed by atoms with van der Waals surface area (Å²) < 4.78 is 7.45. The third-order valence-electron chi connectivity index (χ3n) is 3.13. The molecule has 2 rings (SSSR count). The van der Waals surface area contributed by atoms with Crippen molar-refractivity contribution in [1.82, 2.24) is 14.5 Å². The summed E-state index contributed by atoms with van der Waals surface area (Å²) in [6.07, 6.45) is 3.03. The van der Waals surface area contributed by atoms with Gasteiger partial charge in [-0.2, -0.15) is 0 Å². The summed E-state index contributed by atoms with van der Waals surface area (Å²) in [6.45, 7) is 9.17. The largest absolute Gasteiger partial charge is 0.382 e. The molecule has 0 spiro atoms. The predicted molar refractivity (Wildman–Crippen MR) is 84.6 cm³/mol. The van der Waals surface area contributed by atoms with Crippen molar-refractivity contribution in [3.05, 3.63) is 41.5 Å². The van der Waals surface area contributed by atoms with Gasteiger partial charge in [0.05, 0.1) is 17.9 Å². The van der Waals surface area contributed by atoms with Gasteiger partial charge in [0.2, 0.25) is 5.95 Å². The van der Waals surface area contributed by atoms with Crippen LogP contribution in [0.25, 0.3) is 0 Å². The molecule has 0 aromatic carbocycles. The highest BCUT2D eigenvalue weighted by molar-refractivity contribution is 5.29. The second-order valence-corrected chi connectivity index (χ2v) is 5.08. The Labute approximate surface area is 126 Å².